The SMILES string of the molecule is COCOc1cc(-c2ncc3c(N4CC5CCC(C4)N5C(=O)OC(C)(C)C)nc(OCC45CC(CO)(C4)C5)nc3c2F)c2c(C#C[Si](C(C)C)(C(C)C)C(C)C)c(F)ccc2c1. The van der Waals surface area contributed by atoms with E-state index < -0.39 is 25.3 Å². The summed E-state index contributed by atoms with van der Waals surface area (Å²) in [6.45, 7) is 20.2. The van der Waals surface area contributed by atoms with Crippen molar-refractivity contribution in [1.82, 2.24) is 19.9 Å². The van der Waals surface area contributed by atoms with Crippen LogP contribution in [0.1, 0.15) is 100.0 Å². The molecule has 0 radical (unpaired) electrons. The van der Waals surface area contributed by atoms with Crippen LogP contribution in [0.3, 0.4) is 0 Å². The zero-order valence-corrected chi connectivity index (χ0v) is 38.8. The zero-order chi connectivity index (χ0) is 44.5. The standard InChI is InChI=1S/C48H61F2N5O6Si/c1-28(2)62(29(3)4,30(5)6)16-15-35-38(49)14-11-31-17-34(60-27-58-10)18-36(39(31)35)41-40(50)42-37(19-51-41)43(53-44(52-42)59-26-48-22-47(23-48,24-48)25-56)54-20-32-12-13-33(21-54)55(32)45(57)61-46(7,8)9/h11,14,17-19,28-30,32-33,56H,12-13,20-27H2,1-10H3. The Labute approximate surface area is 364 Å². The molecule has 4 bridgehead atoms. The fourth-order valence-corrected chi connectivity index (χ4v) is 16.7. The minimum Gasteiger partial charge on any atom is -0.468 e. The van der Waals surface area contributed by atoms with Crippen molar-refractivity contribution in [1.29, 1.82) is 0 Å². The summed E-state index contributed by atoms with van der Waals surface area (Å²) in [4.78, 5) is 31.8. The van der Waals surface area contributed by atoms with Crippen molar-refractivity contribution in [3.05, 3.63) is 47.7 Å². The number of anilines is 1. The Hall–Kier alpha value is -4.58. The van der Waals surface area contributed by atoms with Gasteiger partial charge in [-0.3, -0.25) is 9.88 Å². The van der Waals surface area contributed by atoms with Crippen LogP contribution in [0.4, 0.5) is 19.4 Å². The van der Waals surface area contributed by atoms with Crippen LogP contribution in [-0.2, 0) is 9.47 Å². The number of nitrogens with zero attached hydrogens (tertiary/aromatic N) is 5. The molecule has 2 saturated heterocycles. The molecule has 1 amide bonds. The number of amides is 1. The molecule has 332 valence electrons. The lowest BCUT2D eigenvalue weighted by Gasteiger charge is -2.69. The van der Waals surface area contributed by atoms with Gasteiger partial charge in [-0.2, -0.15) is 9.97 Å². The topological polar surface area (TPSA) is 119 Å². The van der Waals surface area contributed by atoms with Crippen molar-refractivity contribution in [2.45, 2.75) is 129 Å². The maximum Gasteiger partial charge on any atom is 0.410 e. The first-order valence-corrected chi connectivity index (χ1v) is 24.3. The molecular weight excluding hydrogens is 809 g/mol. The summed E-state index contributed by atoms with van der Waals surface area (Å²) in [5.74, 6) is 2.96. The first kappa shape index (κ1) is 44.0. The Morgan fingerprint density at radius 3 is 2.23 bits per heavy atom. The van der Waals surface area contributed by atoms with E-state index >= 15 is 8.78 Å². The Morgan fingerprint density at radius 2 is 1.63 bits per heavy atom. The summed E-state index contributed by atoms with van der Waals surface area (Å²) < 4.78 is 57.4. The number of pyridine rings is 1. The summed E-state index contributed by atoms with van der Waals surface area (Å²) in [5, 5.41) is 11.3. The van der Waals surface area contributed by atoms with E-state index in [1.165, 1.54) is 13.2 Å². The van der Waals surface area contributed by atoms with Crippen LogP contribution in [0.2, 0.25) is 16.6 Å². The zero-order valence-electron chi connectivity index (χ0n) is 37.8. The highest BCUT2D eigenvalue weighted by Crippen LogP contribution is 2.73. The number of ether oxygens (including phenoxy) is 4. The number of carbonyl (C=O) groups is 1. The summed E-state index contributed by atoms with van der Waals surface area (Å²) in [5.41, 5.74) is 4.34. The van der Waals surface area contributed by atoms with Crippen LogP contribution in [-0.4, -0.2) is 97.0 Å². The predicted molar refractivity (Wildman–Crippen MR) is 239 cm³/mol. The monoisotopic (exact) mass is 869 g/mol. The van der Waals surface area contributed by atoms with Gasteiger partial charge in [0.15, 0.2) is 12.6 Å². The number of benzene rings is 2. The lowest BCUT2D eigenvalue weighted by atomic mass is 9.36. The van der Waals surface area contributed by atoms with Crippen LogP contribution in [0.5, 0.6) is 11.8 Å². The van der Waals surface area contributed by atoms with Gasteiger partial charge < -0.3 is 29.0 Å². The molecule has 3 saturated carbocycles. The molecule has 5 fully saturated rings. The largest absolute Gasteiger partial charge is 0.468 e. The number of hydrogen-bond donors (Lipinski definition) is 1. The lowest BCUT2D eigenvalue weighted by molar-refractivity contribution is -0.236. The van der Waals surface area contributed by atoms with Gasteiger partial charge in [0.05, 0.1) is 29.6 Å². The molecule has 4 aromatic rings. The number of aromatic nitrogens is 3. The van der Waals surface area contributed by atoms with Gasteiger partial charge in [-0.1, -0.05) is 53.5 Å². The third kappa shape index (κ3) is 7.65. The molecule has 62 heavy (non-hydrogen) atoms. The van der Waals surface area contributed by atoms with E-state index in [2.05, 4.69) is 57.9 Å². The first-order valence-electron chi connectivity index (χ1n) is 22.1. The molecule has 2 aliphatic heterocycles. The van der Waals surface area contributed by atoms with Crippen LogP contribution < -0.4 is 14.4 Å². The molecule has 14 heteroatoms. The van der Waals surface area contributed by atoms with Gasteiger partial charge in [0.1, 0.15) is 42.3 Å². The van der Waals surface area contributed by atoms with Gasteiger partial charge in [-0.25, -0.2) is 13.6 Å². The molecule has 2 atom stereocenters. The van der Waals surface area contributed by atoms with Gasteiger partial charge in [0, 0.05) is 49.4 Å². The highest BCUT2D eigenvalue weighted by Gasteiger charge is 2.67. The number of aliphatic hydroxyl groups is 1. The van der Waals surface area contributed by atoms with Crippen LogP contribution >= 0.6 is 0 Å². The molecule has 1 N–H and O–H groups in total. The Balaban J connectivity index is 1.27. The van der Waals surface area contributed by atoms with Crippen LogP contribution in [0, 0.1) is 33.9 Å². The Kier molecular flexibility index (Phi) is 11.5. The normalized spacial score (nSPS) is 23.2. The second-order valence-corrected chi connectivity index (χ2v) is 25.9. The number of rotatable bonds is 12. The van der Waals surface area contributed by atoms with E-state index in [9.17, 15) is 9.90 Å². The van der Waals surface area contributed by atoms with Crippen LogP contribution in [0.15, 0.2) is 30.5 Å². The molecule has 3 aliphatic carbocycles. The van der Waals surface area contributed by atoms with E-state index in [1.54, 1.807) is 24.4 Å². The van der Waals surface area contributed by atoms with Crippen molar-refractivity contribution in [3.8, 4) is 34.5 Å². The highest BCUT2D eigenvalue weighted by atomic mass is 28.3. The van der Waals surface area contributed by atoms with Crippen molar-refractivity contribution in [2.24, 2.45) is 10.8 Å². The molecule has 5 aliphatic rings. The fraction of sp³-hybridized carbons (Fsp3) is 0.583. The molecule has 2 aromatic heterocycles. The molecule has 11 nitrogen and oxygen atoms in total. The molecule has 2 aromatic carbocycles. The maximum absolute atomic E-state index is 17.8. The fourth-order valence-electron chi connectivity index (χ4n) is 11.5. The number of carbonyl (C=O) groups excluding carboxylic acids is 1. The van der Waals surface area contributed by atoms with Crippen molar-refractivity contribution in [2.75, 3.05) is 45.1 Å². The van der Waals surface area contributed by atoms with Crippen molar-refractivity contribution in [3.63, 3.8) is 0 Å². The smallest absolute Gasteiger partial charge is 0.410 e. The second kappa shape index (κ2) is 16.2. The van der Waals surface area contributed by atoms with Crippen molar-refractivity contribution >= 4 is 41.7 Å². The predicted octanol–water partition coefficient (Wildman–Crippen LogP) is 9.80. The molecule has 4 heterocycles. The quantitative estimate of drug-likeness (QED) is 0.0838. The first-order chi connectivity index (χ1) is 29.3. The van der Waals surface area contributed by atoms with Crippen molar-refractivity contribution < 1.29 is 37.6 Å². The van der Waals surface area contributed by atoms with Gasteiger partial charge in [0.2, 0.25) is 0 Å². The molecule has 2 unspecified atom stereocenters. The number of halogens is 2. The third-order valence-corrected chi connectivity index (χ3v) is 20.3. The number of methoxy groups -OCH3 is 1. The minimum absolute atomic E-state index is 0.00703. The van der Waals surface area contributed by atoms with E-state index in [0.717, 1.165) is 32.1 Å². The number of aliphatic hydroxyl groups excluding tert-OH is 1. The average molecular weight is 870 g/mol. The number of hydrogen-bond acceptors (Lipinski definition) is 10. The highest BCUT2D eigenvalue weighted by molar-refractivity contribution is 6.90. The van der Waals surface area contributed by atoms with E-state index in [4.69, 9.17) is 33.9 Å². The Morgan fingerprint density at radius 1 is 0.968 bits per heavy atom. The van der Waals surface area contributed by atoms with E-state index in [0.29, 0.717) is 69.6 Å². The molecule has 0 spiro atoms. The lowest BCUT2D eigenvalue weighted by Crippen LogP contribution is -2.65. The van der Waals surface area contributed by atoms with E-state index in [1.807, 2.05) is 25.7 Å². The molecular formula is C48H61F2N5O6Si. The summed E-state index contributed by atoms with van der Waals surface area (Å²) in [6, 6.07) is 6.26. The molecule has 9 rings (SSSR count). The second-order valence-electron chi connectivity index (χ2n) is 20.4. The van der Waals surface area contributed by atoms with Gasteiger partial charge >= 0.3 is 12.1 Å². The maximum atomic E-state index is 17.8. The van der Waals surface area contributed by atoms with Crippen LogP contribution in [0.25, 0.3) is 32.9 Å². The Bertz CT molecular complexity index is 2410. The van der Waals surface area contributed by atoms with Gasteiger partial charge in [0.25, 0.3) is 0 Å². The number of fused-ring (bicyclic) bond motifs is 4. The third-order valence-electron chi connectivity index (χ3n) is 14.0. The van der Waals surface area contributed by atoms with Gasteiger partial charge in [-0.15, -0.1) is 5.54 Å². The minimum atomic E-state index is -2.31. The summed E-state index contributed by atoms with van der Waals surface area (Å²) in [7, 11) is -0.792. The number of piperazine rings is 1. The summed E-state index contributed by atoms with van der Waals surface area (Å²) >= 11 is 0. The van der Waals surface area contributed by atoms with E-state index in [-0.39, 0.29) is 65.2 Å². The summed E-state index contributed by atoms with van der Waals surface area (Å²) in [6.07, 6.45) is 5.42. The van der Waals surface area contributed by atoms with Gasteiger partial charge in [-0.05, 0) is 98.5 Å². The average Bonchev–Trinajstić information content (AvgIpc) is 3.45.